The van der Waals surface area contributed by atoms with Crippen LogP contribution in [-0.2, 0) is 6.54 Å². The van der Waals surface area contributed by atoms with Crippen LogP contribution in [0.25, 0.3) is 10.6 Å². The van der Waals surface area contributed by atoms with E-state index >= 15 is 0 Å². The van der Waals surface area contributed by atoms with Crippen LogP contribution in [0.15, 0.2) is 48.5 Å². The molecule has 1 N–H and O–H groups in total. The van der Waals surface area contributed by atoms with Gasteiger partial charge in [0.15, 0.2) is 0 Å². The topological polar surface area (TPSA) is 45.2 Å². The lowest BCUT2D eigenvalue weighted by Gasteiger charge is -2.12. The van der Waals surface area contributed by atoms with E-state index in [0.29, 0.717) is 22.1 Å². The fraction of sp³-hybridized carbons (Fsp3) is 0.200. The minimum atomic E-state index is -0.291. The van der Waals surface area contributed by atoms with Crippen molar-refractivity contribution in [2.75, 3.05) is 19.0 Å². The van der Waals surface area contributed by atoms with Crippen molar-refractivity contribution < 1.29 is 9.18 Å². The lowest BCUT2D eigenvalue weighted by Crippen LogP contribution is -2.22. The zero-order valence-corrected chi connectivity index (χ0v) is 15.7. The molecule has 0 unspecified atom stereocenters. The lowest BCUT2D eigenvalue weighted by atomic mass is 10.2. The van der Waals surface area contributed by atoms with Crippen LogP contribution in [0.3, 0.4) is 0 Å². The zero-order valence-electron chi connectivity index (χ0n) is 14.9. The molecule has 0 aliphatic heterocycles. The molecule has 0 atom stereocenters. The van der Waals surface area contributed by atoms with Crippen LogP contribution in [0.5, 0.6) is 0 Å². The summed E-state index contributed by atoms with van der Waals surface area (Å²) in [5.74, 6) is -0.440. The van der Waals surface area contributed by atoms with Crippen molar-refractivity contribution >= 4 is 22.9 Å². The molecule has 6 heteroatoms. The standard InChI is InChI=1S/C20H20FN3OS/c1-13-18(26-20(23-13)15-6-8-16(21)9-7-15)19(25)22-12-14-4-10-17(11-5-14)24(2)3/h4-11H,12H2,1-3H3,(H,22,25). The SMILES string of the molecule is Cc1nc(-c2ccc(F)cc2)sc1C(=O)NCc1ccc(N(C)C)cc1. The minimum absolute atomic E-state index is 0.148. The Morgan fingerprint density at radius 3 is 2.38 bits per heavy atom. The first-order valence-electron chi connectivity index (χ1n) is 8.22. The van der Waals surface area contributed by atoms with Gasteiger partial charge in [0.2, 0.25) is 0 Å². The first-order chi connectivity index (χ1) is 12.4. The van der Waals surface area contributed by atoms with Crippen molar-refractivity contribution in [3.63, 3.8) is 0 Å². The van der Waals surface area contributed by atoms with E-state index in [1.54, 1.807) is 12.1 Å². The van der Waals surface area contributed by atoms with Crippen LogP contribution in [-0.4, -0.2) is 25.0 Å². The average Bonchev–Trinajstić information content (AvgIpc) is 3.02. The summed E-state index contributed by atoms with van der Waals surface area (Å²) in [6, 6.07) is 14.2. The van der Waals surface area contributed by atoms with Crippen molar-refractivity contribution in [1.29, 1.82) is 0 Å². The Kier molecular flexibility index (Phi) is 5.32. The summed E-state index contributed by atoms with van der Waals surface area (Å²) >= 11 is 1.32. The van der Waals surface area contributed by atoms with E-state index in [-0.39, 0.29) is 11.7 Å². The highest BCUT2D eigenvalue weighted by molar-refractivity contribution is 7.17. The van der Waals surface area contributed by atoms with E-state index in [1.807, 2.05) is 50.2 Å². The third-order valence-electron chi connectivity index (χ3n) is 4.00. The van der Waals surface area contributed by atoms with Crippen LogP contribution in [0.2, 0.25) is 0 Å². The van der Waals surface area contributed by atoms with E-state index in [0.717, 1.165) is 16.8 Å². The molecular weight excluding hydrogens is 349 g/mol. The normalized spacial score (nSPS) is 10.6. The molecule has 26 heavy (non-hydrogen) atoms. The molecule has 1 amide bonds. The van der Waals surface area contributed by atoms with Crippen LogP contribution < -0.4 is 10.2 Å². The van der Waals surface area contributed by atoms with Crippen LogP contribution in [0.1, 0.15) is 20.9 Å². The predicted octanol–water partition coefficient (Wildman–Crippen LogP) is 4.25. The quantitative estimate of drug-likeness (QED) is 0.731. The first kappa shape index (κ1) is 18.1. The Morgan fingerprint density at radius 1 is 1.12 bits per heavy atom. The predicted molar refractivity (Wildman–Crippen MR) is 104 cm³/mol. The van der Waals surface area contributed by atoms with Gasteiger partial charge in [0.25, 0.3) is 5.91 Å². The van der Waals surface area contributed by atoms with E-state index in [1.165, 1.54) is 23.5 Å². The number of aryl methyl sites for hydroxylation is 1. The second-order valence-electron chi connectivity index (χ2n) is 6.18. The molecule has 0 aliphatic carbocycles. The average molecular weight is 369 g/mol. The van der Waals surface area contributed by atoms with Gasteiger partial charge in [-0.3, -0.25) is 4.79 Å². The highest BCUT2D eigenvalue weighted by Crippen LogP contribution is 2.28. The number of halogens is 1. The summed E-state index contributed by atoms with van der Waals surface area (Å²) < 4.78 is 13.1. The van der Waals surface area contributed by atoms with E-state index in [2.05, 4.69) is 10.3 Å². The molecule has 0 saturated heterocycles. The number of anilines is 1. The number of rotatable bonds is 5. The van der Waals surface area contributed by atoms with Gasteiger partial charge in [-0.1, -0.05) is 12.1 Å². The number of hydrogen-bond donors (Lipinski definition) is 1. The molecule has 0 aliphatic rings. The molecule has 4 nitrogen and oxygen atoms in total. The van der Waals surface area contributed by atoms with Crippen molar-refractivity contribution in [3.8, 4) is 10.6 Å². The summed E-state index contributed by atoms with van der Waals surface area (Å²) in [4.78, 5) is 19.6. The summed E-state index contributed by atoms with van der Waals surface area (Å²) in [6.45, 7) is 2.26. The lowest BCUT2D eigenvalue weighted by molar-refractivity contribution is 0.0954. The Hall–Kier alpha value is -2.73. The Labute approximate surface area is 156 Å². The molecular formula is C20H20FN3OS. The molecule has 1 aromatic heterocycles. The third-order valence-corrected chi connectivity index (χ3v) is 5.21. The second-order valence-corrected chi connectivity index (χ2v) is 7.18. The summed E-state index contributed by atoms with van der Waals surface area (Å²) in [7, 11) is 3.98. The second kappa shape index (κ2) is 7.66. The molecule has 0 spiro atoms. The molecule has 0 radical (unpaired) electrons. The maximum atomic E-state index is 13.1. The Bertz CT molecular complexity index is 902. The highest BCUT2D eigenvalue weighted by atomic mass is 32.1. The van der Waals surface area contributed by atoms with Crippen LogP contribution in [0, 0.1) is 12.7 Å². The number of nitrogens with one attached hydrogen (secondary N) is 1. The summed E-state index contributed by atoms with van der Waals surface area (Å²) in [5, 5.41) is 3.65. The number of thiazole rings is 1. The van der Waals surface area contributed by atoms with Gasteiger partial charge in [-0.25, -0.2) is 9.37 Å². The van der Waals surface area contributed by atoms with Crippen molar-refractivity contribution in [1.82, 2.24) is 10.3 Å². The van der Waals surface area contributed by atoms with Crippen LogP contribution >= 0.6 is 11.3 Å². The molecule has 1 heterocycles. The van der Waals surface area contributed by atoms with Gasteiger partial charge in [-0.15, -0.1) is 11.3 Å². The molecule has 0 saturated carbocycles. The number of carbonyl (C=O) groups is 1. The summed E-state index contributed by atoms with van der Waals surface area (Å²) in [6.07, 6.45) is 0. The zero-order chi connectivity index (χ0) is 18.7. The number of benzene rings is 2. The molecule has 3 rings (SSSR count). The molecule has 3 aromatic rings. The number of nitrogens with zero attached hydrogens (tertiary/aromatic N) is 2. The van der Waals surface area contributed by atoms with E-state index < -0.39 is 0 Å². The highest BCUT2D eigenvalue weighted by Gasteiger charge is 2.16. The third kappa shape index (κ3) is 4.08. The minimum Gasteiger partial charge on any atom is -0.378 e. The number of hydrogen-bond acceptors (Lipinski definition) is 4. The molecule has 134 valence electrons. The smallest absolute Gasteiger partial charge is 0.263 e. The van der Waals surface area contributed by atoms with Crippen LogP contribution in [0.4, 0.5) is 10.1 Å². The maximum Gasteiger partial charge on any atom is 0.263 e. The summed E-state index contributed by atoms with van der Waals surface area (Å²) in [5.41, 5.74) is 3.62. The Morgan fingerprint density at radius 2 is 1.77 bits per heavy atom. The van der Waals surface area contributed by atoms with Gasteiger partial charge < -0.3 is 10.2 Å². The monoisotopic (exact) mass is 369 g/mol. The van der Waals surface area contributed by atoms with Crippen molar-refractivity contribution in [3.05, 3.63) is 70.5 Å². The Balaban J connectivity index is 1.69. The van der Waals surface area contributed by atoms with Gasteiger partial charge >= 0.3 is 0 Å². The number of amides is 1. The molecule has 0 fully saturated rings. The molecule has 0 bridgehead atoms. The maximum absolute atomic E-state index is 13.1. The van der Waals surface area contributed by atoms with E-state index in [4.69, 9.17) is 0 Å². The fourth-order valence-corrected chi connectivity index (χ4v) is 3.49. The largest absolute Gasteiger partial charge is 0.378 e. The van der Waals surface area contributed by atoms with Gasteiger partial charge in [0, 0.05) is 31.9 Å². The number of aromatic nitrogens is 1. The first-order valence-corrected chi connectivity index (χ1v) is 9.03. The fourth-order valence-electron chi connectivity index (χ4n) is 2.50. The van der Waals surface area contributed by atoms with Gasteiger partial charge in [-0.2, -0.15) is 0 Å². The number of carbonyl (C=O) groups excluding carboxylic acids is 1. The van der Waals surface area contributed by atoms with Crippen molar-refractivity contribution in [2.45, 2.75) is 13.5 Å². The molecule has 2 aromatic carbocycles. The van der Waals surface area contributed by atoms with Gasteiger partial charge in [0.05, 0.1) is 5.69 Å². The van der Waals surface area contributed by atoms with Crippen molar-refractivity contribution in [2.24, 2.45) is 0 Å². The van der Waals surface area contributed by atoms with E-state index in [9.17, 15) is 9.18 Å². The van der Waals surface area contributed by atoms with Gasteiger partial charge in [-0.05, 0) is 48.9 Å². The van der Waals surface area contributed by atoms with Gasteiger partial charge in [0.1, 0.15) is 15.7 Å².